The van der Waals surface area contributed by atoms with Crippen LogP contribution < -0.4 is 15.4 Å². The molecule has 4 rings (SSSR count). The standard InChI is InChI=1S/C20H17N3O2/c24-20-17-5-1-2-6-18(17)22-19(23-20)15-7-9-16(10-8-15)25-13-14-4-3-11-21-12-14/h1-12,19,22H,13H2,(H,23,24)/t19-/m1/s1. The largest absolute Gasteiger partial charge is 0.489 e. The topological polar surface area (TPSA) is 63.2 Å². The van der Waals surface area contributed by atoms with Crippen LogP contribution in [0.1, 0.15) is 27.7 Å². The molecule has 1 aliphatic heterocycles. The molecule has 0 unspecified atom stereocenters. The van der Waals surface area contributed by atoms with E-state index < -0.39 is 0 Å². The molecule has 1 aromatic heterocycles. The van der Waals surface area contributed by atoms with Crippen LogP contribution >= 0.6 is 0 Å². The predicted molar refractivity (Wildman–Crippen MR) is 95.3 cm³/mol. The summed E-state index contributed by atoms with van der Waals surface area (Å²) in [6, 6.07) is 19.0. The number of nitrogens with one attached hydrogen (secondary N) is 2. The summed E-state index contributed by atoms with van der Waals surface area (Å²) in [5, 5.41) is 6.31. The first kappa shape index (κ1) is 15.2. The monoisotopic (exact) mass is 331 g/mol. The van der Waals surface area contributed by atoms with Crippen LogP contribution in [-0.4, -0.2) is 10.9 Å². The molecule has 0 fully saturated rings. The van der Waals surface area contributed by atoms with E-state index in [0.29, 0.717) is 12.2 Å². The van der Waals surface area contributed by atoms with E-state index >= 15 is 0 Å². The Kier molecular flexibility index (Phi) is 4.04. The van der Waals surface area contributed by atoms with Gasteiger partial charge < -0.3 is 15.4 Å². The summed E-state index contributed by atoms with van der Waals surface area (Å²) in [6.07, 6.45) is 3.27. The number of hydrogen-bond acceptors (Lipinski definition) is 4. The molecule has 2 aromatic carbocycles. The van der Waals surface area contributed by atoms with Crippen molar-refractivity contribution in [3.05, 3.63) is 89.7 Å². The summed E-state index contributed by atoms with van der Waals surface area (Å²) < 4.78 is 5.76. The Morgan fingerprint density at radius 2 is 1.80 bits per heavy atom. The van der Waals surface area contributed by atoms with Crippen molar-refractivity contribution in [1.29, 1.82) is 0 Å². The number of rotatable bonds is 4. The van der Waals surface area contributed by atoms with Crippen molar-refractivity contribution in [1.82, 2.24) is 10.3 Å². The average Bonchev–Trinajstić information content (AvgIpc) is 2.68. The van der Waals surface area contributed by atoms with E-state index in [-0.39, 0.29) is 12.1 Å². The van der Waals surface area contributed by atoms with Crippen molar-refractivity contribution in [2.45, 2.75) is 12.8 Å². The number of carbonyl (C=O) groups is 1. The second kappa shape index (κ2) is 6.65. The molecule has 5 nitrogen and oxygen atoms in total. The van der Waals surface area contributed by atoms with Gasteiger partial charge in [0.15, 0.2) is 0 Å². The van der Waals surface area contributed by atoms with Crippen molar-refractivity contribution in [2.24, 2.45) is 0 Å². The van der Waals surface area contributed by atoms with Crippen LogP contribution in [0.4, 0.5) is 5.69 Å². The molecule has 124 valence electrons. The fraction of sp³-hybridized carbons (Fsp3) is 0.100. The van der Waals surface area contributed by atoms with Gasteiger partial charge in [0, 0.05) is 23.6 Å². The zero-order valence-electron chi connectivity index (χ0n) is 13.5. The minimum absolute atomic E-state index is 0.0729. The Balaban J connectivity index is 1.45. The lowest BCUT2D eigenvalue weighted by molar-refractivity contribution is 0.0935. The van der Waals surface area contributed by atoms with Crippen LogP contribution in [0.25, 0.3) is 0 Å². The van der Waals surface area contributed by atoms with Gasteiger partial charge in [-0.05, 0) is 35.9 Å². The minimum Gasteiger partial charge on any atom is -0.489 e. The number of aromatic nitrogens is 1. The number of nitrogens with zero attached hydrogens (tertiary/aromatic N) is 1. The first-order valence-electron chi connectivity index (χ1n) is 8.08. The van der Waals surface area contributed by atoms with Crippen LogP contribution in [-0.2, 0) is 6.61 Å². The van der Waals surface area contributed by atoms with Crippen LogP contribution in [0, 0.1) is 0 Å². The van der Waals surface area contributed by atoms with E-state index in [9.17, 15) is 4.79 Å². The van der Waals surface area contributed by atoms with Crippen molar-refractivity contribution in [3.8, 4) is 5.75 Å². The molecule has 0 radical (unpaired) electrons. The van der Waals surface area contributed by atoms with Gasteiger partial charge in [-0.15, -0.1) is 0 Å². The molecule has 1 atom stereocenters. The molecular weight excluding hydrogens is 314 g/mol. The molecule has 0 bridgehead atoms. The second-order valence-electron chi connectivity index (χ2n) is 5.82. The van der Waals surface area contributed by atoms with E-state index in [0.717, 1.165) is 22.6 Å². The molecule has 1 aliphatic rings. The van der Waals surface area contributed by atoms with E-state index in [1.807, 2.05) is 60.7 Å². The summed E-state index contributed by atoms with van der Waals surface area (Å²) >= 11 is 0. The number of anilines is 1. The van der Waals surface area contributed by atoms with Crippen molar-refractivity contribution in [2.75, 3.05) is 5.32 Å². The van der Waals surface area contributed by atoms with Crippen molar-refractivity contribution in [3.63, 3.8) is 0 Å². The normalized spacial score (nSPS) is 15.7. The van der Waals surface area contributed by atoms with Gasteiger partial charge in [-0.1, -0.05) is 30.3 Å². The second-order valence-corrected chi connectivity index (χ2v) is 5.82. The Labute approximate surface area is 145 Å². The lowest BCUT2D eigenvalue weighted by Gasteiger charge is -2.28. The molecule has 2 heterocycles. The lowest BCUT2D eigenvalue weighted by atomic mass is 10.1. The highest BCUT2D eigenvalue weighted by Crippen LogP contribution is 2.27. The van der Waals surface area contributed by atoms with Gasteiger partial charge in [-0.2, -0.15) is 0 Å². The van der Waals surface area contributed by atoms with Crippen molar-refractivity contribution < 1.29 is 9.53 Å². The fourth-order valence-electron chi connectivity index (χ4n) is 2.78. The van der Waals surface area contributed by atoms with Gasteiger partial charge in [0.2, 0.25) is 0 Å². The summed E-state index contributed by atoms with van der Waals surface area (Å²) in [6.45, 7) is 0.471. The molecule has 0 aliphatic carbocycles. The van der Waals surface area contributed by atoms with Crippen molar-refractivity contribution >= 4 is 11.6 Å². The number of benzene rings is 2. The molecule has 25 heavy (non-hydrogen) atoms. The smallest absolute Gasteiger partial charge is 0.255 e. The van der Waals surface area contributed by atoms with Gasteiger partial charge in [-0.3, -0.25) is 9.78 Å². The van der Waals surface area contributed by atoms with Gasteiger partial charge in [0.05, 0.1) is 5.56 Å². The van der Waals surface area contributed by atoms with E-state index in [4.69, 9.17) is 4.74 Å². The average molecular weight is 331 g/mol. The highest BCUT2D eigenvalue weighted by Gasteiger charge is 2.23. The predicted octanol–water partition coefficient (Wildman–Crippen LogP) is 3.51. The minimum atomic E-state index is -0.255. The summed E-state index contributed by atoms with van der Waals surface area (Å²) in [5.41, 5.74) is 3.49. The molecule has 0 saturated heterocycles. The lowest BCUT2D eigenvalue weighted by Crippen LogP contribution is -2.38. The Hall–Kier alpha value is -3.34. The SMILES string of the molecule is O=C1N[C@H](c2ccc(OCc3cccnc3)cc2)Nc2ccccc21. The van der Waals surface area contributed by atoms with E-state index in [2.05, 4.69) is 15.6 Å². The number of ether oxygens (including phenoxy) is 1. The Bertz CT molecular complexity index is 879. The van der Waals surface area contributed by atoms with E-state index in [1.54, 1.807) is 12.4 Å². The first-order chi connectivity index (χ1) is 12.3. The fourth-order valence-corrected chi connectivity index (χ4v) is 2.78. The van der Waals surface area contributed by atoms with Gasteiger partial charge in [0.1, 0.15) is 18.5 Å². The number of amides is 1. The molecule has 3 aromatic rings. The zero-order valence-corrected chi connectivity index (χ0v) is 13.5. The number of pyridine rings is 1. The molecule has 1 amide bonds. The quantitative estimate of drug-likeness (QED) is 0.768. The number of carbonyl (C=O) groups excluding carboxylic acids is 1. The maximum absolute atomic E-state index is 12.2. The van der Waals surface area contributed by atoms with Crippen LogP contribution in [0.15, 0.2) is 73.1 Å². The highest BCUT2D eigenvalue weighted by atomic mass is 16.5. The maximum Gasteiger partial charge on any atom is 0.255 e. The molecule has 0 saturated carbocycles. The third kappa shape index (κ3) is 3.30. The first-order valence-corrected chi connectivity index (χ1v) is 8.08. The van der Waals surface area contributed by atoms with Crippen LogP contribution in [0.5, 0.6) is 5.75 Å². The molecular formula is C20H17N3O2. The van der Waals surface area contributed by atoms with Gasteiger partial charge >= 0.3 is 0 Å². The summed E-state index contributed by atoms with van der Waals surface area (Å²) in [5.74, 6) is 0.700. The Morgan fingerprint density at radius 3 is 2.60 bits per heavy atom. The molecule has 2 N–H and O–H groups in total. The van der Waals surface area contributed by atoms with Gasteiger partial charge in [0.25, 0.3) is 5.91 Å². The Morgan fingerprint density at radius 1 is 0.960 bits per heavy atom. The molecule has 0 spiro atoms. The third-order valence-corrected chi connectivity index (χ3v) is 4.09. The van der Waals surface area contributed by atoms with E-state index in [1.165, 1.54) is 0 Å². The number of hydrogen-bond donors (Lipinski definition) is 2. The number of fused-ring (bicyclic) bond motifs is 1. The third-order valence-electron chi connectivity index (χ3n) is 4.09. The zero-order chi connectivity index (χ0) is 17.1. The summed E-state index contributed by atoms with van der Waals surface area (Å²) in [4.78, 5) is 16.3. The maximum atomic E-state index is 12.2. The number of para-hydroxylation sites is 1. The highest BCUT2D eigenvalue weighted by molar-refractivity contribution is 6.01. The summed E-state index contributed by atoms with van der Waals surface area (Å²) in [7, 11) is 0. The molecule has 5 heteroatoms. The van der Waals surface area contributed by atoms with Crippen LogP contribution in [0.2, 0.25) is 0 Å². The van der Waals surface area contributed by atoms with Gasteiger partial charge in [-0.25, -0.2) is 0 Å². The van der Waals surface area contributed by atoms with Crippen LogP contribution in [0.3, 0.4) is 0 Å².